The van der Waals surface area contributed by atoms with Gasteiger partial charge in [0, 0.05) is 47.8 Å². The lowest BCUT2D eigenvalue weighted by Crippen LogP contribution is -2.52. The number of benzene rings is 2. The molecule has 0 amide bonds. The number of anilines is 1. The highest BCUT2D eigenvalue weighted by atomic mass is 35.5. The van der Waals surface area contributed by atoms with Crippen LogP contribution in [0.25, 0.3) is 0 Å². The molecule has 0 radical (unpaired) electrons. The van der Waals surface area contributed by atoms with Gasteiger partial charge in [-0.2, -0.15) is 0 Å². The SMILES string of the molecule is C[C@@H](NS(=O)(=O)c1ccc(Cl)cc1)[C@@H](c1cccs1)N1CCN(c2ccc(F)cc2)CC1. The minimum Gasteiger partial charge on any atom is -0.369 e. The molecule has 32 heavy (non-hydrogen) atoms. The van der Waals surface area contributed by atoms with Crippen molar-refractivity contribution in [2.75, 3.05) is 31.1 Å². The molecule has 2 aromatic carbocycles. The van der Waals surface area contributed by atoms with Crippen LogP contribution >= 0.6 is 22.9 Å². The minimum atomic E-state index is -3.69. The molecule has 1 fully saturated rings. The largest absolute Gasteiger partial charge is 0.369 e. The summed E-state index contributed by atoms with van der Waals surface area (Å²) >= 11 is 7.53. The van der Waals surface area contributed by atoms with E-state index < -0.39 is 10.0 Å². The van der Waals surface area contributed by atoms with Crippen LogP contribution in [0, 0.1) is 5.82 Å². The first-order chi connectivity index (χ1) is 15.3. The van der Waals surface area contributed by atoms with Gasteiger partial charge in [0.2, 0.25) is 10.0 Å². The Morgan fingerprint density at radius 2 is 1.66 bits per heavy atom. The van der Waals surface area contributed by atoms with Gasteiger partial charge < -0.3 is 4.90 Å². The zero-order valence-electron chi connectivity index (χ0n) is 17.6. The number of halogens is 2. The van der Waals surface area contributed by atoms with Crippen LogP contribution in [0.15, 0.2) is 70.9 Å². The number of nitrogens with one attached hydrogen (secondary N) is 1. The first-order valence-electron chi connectivity index (χ1n) is 10.4. The Labute approximate surface area is 197 Å². The van der Waals surface area contributed by atoms with Gasteiger partial charge in [-0.3, -0.25) is 4.90 Å². The molecule has 1 aliphatic rings. The Morgan fingerprint density at radius 3 is 2.25 bits per heavy atom. The molecule has 2 atom stereocenters. The zero-order chi connectivity index (χ0) is 22.7. The summed E-state index contributed by atoms with van der Waals surface area (Å²) in [5, 5.41) is 2.50. The van der Waals surface area contributed by atoms with E-state index >= 15 is 0 Å². The standard InChI is InChI=1S/C23H25ClFN3O2S2/c1-17(26-32(29,30)21-10-4-18(24)5-11-21)23(22-3-2-16-31-22)28-14-12-27(13-15-28)20-8-6-19(25)7-9-20/h2-11,16-17,23,26H,12-15H2,1H3/t17-,23+/m1/s1. The van der Waals surface area contributed by atoms with E-state index in [1.165, 1.54) is 24.3 Å². The molecular formula is C23H25ClFN3O2S2. The second-order valence-corrected chi connectivity index (χ2v) is 11.0. The predicted octanol–water partition coefficient (Wildman–Crippen LogP) is 4.77. The van der Waals surface area contributed by atoms with Gasteiger partial charge in [-0.15, -0.1) is 11.3 Å². The van der Waals surface area contributed by atoms with Crippen molar-refractivity contribution in [2.45, 2.75) is 23.9 Å². The molecule has 1 saturated heterocycles. The van der Waals surface area contributed by atoms with Crippen LogP contribution < -0.4 is 9.62 Å². The lowest BCUT2D eigenvalue weighted by molar-refractivity contribution is 0.164. The maximum absolute atomic E-state index is 13.3. The Bertz CT molecular complexity index is 1120. The van der Waals surface area contributed by atoms with Crippen molar-refractivity contribution in [3.8, 4) is 0 Å². The minimum absolute atomic E-state index is 0.0903. The van der Waals surface area contributed by atoms with E-state index in [2.05, 4.69) is 20.6 Å². The molecule has 4 rings (SSSR count). The fourth-order valence-corrected chi connectivity index (χ4v) is 6.44. The van der Waals surface area contributed by atoms with E-state index in [-0.39, 0.29) is 22.8 Å². The average Bonchev–Trinajstić information content (AvgIpc) is 3.29. The summed E-state index contributed by atoms with van der Waals surface area (Å²) in [6.07, 6.45) is 0. The quantitative estimate of drug-likeness (QED) is 0.515. The number of piperazine rings is 1. The third kappa shape index (κ3) is 5.32. The number of thiophene rings is 1. The van der Waals surface area contributed by atoms with Crippen LogP contribution in [-0.4, -0.2) is 45.5 Å². The molecule has 170 valence electrons. The summed E-state index contributed by atoms with van der Waals surface area (Å²) in [5.41, 5.74) is 0.996. The fraction of sp³-hybridized carbons (Fsp3) is 0.304. The molecule has 0 saturated carbocycles. The number of rotatable bonds is 7. The van der Waals surface area contributed by atoms with Gasteiger partial charge >= 0.3 is 0 Å². The van der Waals surface area contributed by atoms with Crippen LogP contribution in [0.4, 0.5) is 10.1 Å². The second kappa shape index (κ2) is 9.89. The Morgan fingerprint density at radius 1 is 1.00 bits per heavy atom. The summed E-state index contributed by atoms with van der Waals surface area (Å²) in [4.78, 5) is 5.86. The van der Waals surface area contributed by atoms with Crippen molar-refractivity contribution >= 4 is 38.6 Å². The number of sulfonamides is 1. The third-order valence-electron chi connectivity index (χ3n) is 5.67. The van der Waals surface area contributed by atoms with E-state index in [1.54, 1.807) is 35.6 Å². The lowest BCUT2D eigenvalue weighted by Gasteiger charge is -2.42. The molecule has 9 heteroatoms. The molecule has 0 unspecified atom stereocenters. The highest BCUT2D eigenvalue weighted by Crippen LogP contribution is 2.31. The van der Waals surface area contributed by atoms with Crippen LogP contribution in [0.5, 0.6) is 0 Å². The molecule has 1 aliphatic heterocycles. The first-order valence-corrected chi connectivity index (χ1v) is 13.1. The maximum Gasteiger partial charge on any atom is 0.240 e. The van der Waals surface area contributed by atoms with Crippen molar-refractivity contribution in [3.05, 3.63) is 81.8 Å². The normalized spacial score (nSPS) is 17.3. The summed E-state index contributed by atoms with van der Waals surface area (Å²) in [5.74, 6) is -0.244. The number of hydrogen-bond donors (Lipinski definition) is 1. The summed E-state index contributed by atoms with van der Waals surface area (Å²) < 4.78 is 42.1. The van der Waals surface area contributed by atoms with Gasteiger partial charge in [-0.05, 0) is 66.9 Å². The number of nitrogens with zero attached hydrogens (tertiary/aromatic N) is 2. The smallest absolute Gasteiger partial charge is 0.240 e. The van der Waals surface area contributed by atoms with E-state index in [4.69, 9.17) is 11.6 Å². The molecule has 2 heterocycles. The Hall–Kier alpha value is -1.97. The Balaban J connectivity index is 1.49. The monoisotopic (exact) mass is 493 g/mol. The molecule has 1 aromatic heterocycles. The molecular weight excluding hydrogens is 469 g/mol. The van der Waals surface area contributed by atoms with Crippen LogP contribution in [0.3, 0.4) is 0 Å². The fourth-order valence-electron chi connectivity index (χ4n) is 4.10. The molecule has 1 N–H and O–H groups in total. The van der Waals surface area contributed by atoms with Crippen molar-refractivity contribution in [2.24, 2.45) is 0 Å². The van der Waals surface area contributed by atoms with Crippen molar-refractivity contribution < 1.29 is 12.8 Å². The topological polar surface area (TPSA) is 52.7 Å². The molecule has 3 aromatic rings. The second-order valence-electron chi connectivity index (χ2n) is 7.82. The van der Waals surface area contributed by atoms with Crippen molar-refractivity contribution in [3.63, 3.8) is 0 Å². The van der Waals surface area contributed by atoms with Gasteiger partial charge in [0.15, 0.2) is 0 Å². The van der Waals surface area contributed by atoms with Gasteiger partial charge in [0.1, 0.15) is 5.82 Å². The van der Waals surface area contributed by atoms with E-state index in [0.29, 0.717) is 5.02 Å². The summed E-state index contributed by atoms with van der Waals surface area (Å²) in [6.45, 7) is 5.01. The zero-order valence-corrected chi connectivity index (χ0v) is 20.0. The maximum atomic E-state index is 13.3. The highest BCUT2D eigenvalue weighted by Gasteiger charge is 2.32. The Kier molecular flexibility index (Phi) is 7.17. The molecule has 5 nitrogen and oxygen atoms in total. The summed E-state index contributed by atoms with van der Waals surface area (Å²) in [7, 11) is -3.69. The summed E-state index contributed by atoms with van der Waals surface area (Å²) in [6, 6.07) is 16.3. The van der Waals surface area contributed by atoms with Crippen LogP contribution in [-0.2, 0) is 10.0 Å². The van der Waals surface area contributed by atoms with Crippen molar-refractivity contribution in [1.29, 1.82) is 0 Å². The highest BCUT2D eigenvalue weighted by molar-refractivity contribution is 7.89. The van der Waals surface area contributed by atoms with Crippen LogP contribution in [0.1, 0.15) is 17.8 Å². The van der Waals surface area contributed by atoms with Gasteiger partial charge in [0.25, 0.3) is 0 Å². The van der Waals surface area contributed by atoms with Gasteiger partial charge in [-0.1, -0.05) is 17.7 Å². The van der Waals surface area contributed by atoms with Crippen molar-refractivity contribution in [1.82, 2.24) is 9.62 Å². The number of hydrogen-bond acceptors (Lipinski definition) is 5. The third-order valence-corrected chi connectivity index (χ3v) is 8.44. The van der Waals surface area contributed by atoms with E-state index in [9.17, 15) is 12.8 Å². The first kappa shape index (κ1) is 23.2. The van der Waals surface area contributed by atoms with Gasteiger partial charge in [-0.25, -0.2) is 17.5 Å². The molecule has 0 bridgehead atoms. The molecule has 0 aliphatic carbocycles. The predicted molar refractivity (Wildman–Crippen MR) is 128 cm³/mol. The van der Waals surface area contributed by atoms with Gasteiger partial charge in [0.05, 0.1) is 10.9 Å². The molecule has 0 spiro atoms. The average molecular weight is 494 g/mol. The lowest BCUT2D eigenvalue weighted by atomic mass is 10.1. The van der Waals surface area contributed by atoms with Crippen LogP contribution in [0.2, 0.25) is 5.02 Å². The van der Waals surface area contributed by atoms with E-state index in [1.807, 2.05) is 18.4 Å². The van der Waals surface area contributed by atoms with E-state index in [0.717, 1.165) is 36.7 Å².